The first-order valence-corrected chi connectivity index (χ1v) is 13.9. The molecule has 1 saturated heterocycles. The van der Waals surface area contributed by atoms with Crippen molar-refractivity contribution in [1.29, 1.82) is 0 Å². The van der Waals surface area contributed by atoms with Gasteiger partial charge in [-0.3, -0.25) is 18.9 Å². The fraction of sp³-hybridized carbons (Fsp3) is 0.217. The summed E-state index contributed by atoms with van der Waals surface area (Å²) in [5.41, 5.74) is 6.98. The number of oxime groups is 1. The first-order valence-electron chi connectivity index (χ1n) is 11.0. The molecular weight excluding hydrogens is 550 g/mol. The van der Waals surface area contributed by atoms with Gasteiger partial charge in [0.25, 0.3) is 11.8 Å². The lowest BCUT2D eigenvalue weighted by atomic mass is 10.0. The second-order valence-electron chi connectivity index (χ2n) is 7.91. The molecule has 0 unspecified atom stereocenters. The third kappa shape index (κ3) is 4.80. The number of carbonyl (C=O) groups excluding carboxylic acids is 2. The molecule has 0 aliphatic carbocycles. The Labute approximate surface area is 228 Å². The predicted molar refractivity (Wildman–Crippen MR) is 143 cm³/mol. The fourth-order valence-corrected chi connectivity index (χ4v) is 6.99. The van der Waals surface area contributed by atoms with Gasteiger partial charge in [0.15, 0.2) is 17.5 Å². The van der Waals surface area contributed by atoms with Gasteiger partial charge in [0.1, 0.15) is 28.5 Å². The molecule has 15 heteroatoms. The average Bonchev–Trinajstić information content (AvgIpc) is 3.57. The molecule has 1 fully saturated rings. The number of carboxylic acid groups (broad SMARTS) is 1. The Morgan fingerprint density at radius 3 is 3.00 bits per heavy atom. The number of nitrogens with zero attached hydrogens (tertiary/aromatic N) is 5. The van der Waals surface area contributed by atoms with E-state index in [1.807, 2.05) is 28.8 Å². The highest BCUT2D eigenvalue weighted by molar-refractivity contribution is 8.01. The van der Waals surface area contributed by atoms with E-state index in [0.29, 0.717) is 17.1 Å². The highest BCUT2D eigenvalue weighted by atomic mass is 32.2. The van der Waals surface area contributed by atoms with Gasteiger partial charge in [-0.05, 0) is 17.7 Å². The maximum Gasteiger partial charge on any atom is 0.352 e. The number of pyridine rings is 1. The van der Waals surface area contributed by atoms with Crippen LogP contribution < -0.4 is 11.1 Å². The van der Waals surface area contributed by atoms with Crippen molar-refractivity contribution >= 4 is 69.1 Å². The van der Waals surface area contributed by atoms with Gasteiger partial charge in [-0.25, -0.2) is 14.8 Å². The minimum Gasteiger partial charge on any atom is -0.477 e. The molecule has 2 aliphatic rings. The molecule has 2 atom stereocenters. The van der Waals surface area contributed by atoms with E-state index in [2.05, 4.69) is 26.4 Å². The fourth-order valence-electron chi connectivity index (χ4n) is 3.94. The number of hydrogen-bond acceptors (Lipinski definition) is 11. The Kier molecular flexibility index (Phi) is 7.27. The SMILES string of the molecule is C#CCO/N=C(\C(=O)N[C@@H]1C(=O)N2C(C(=O)O)=C(CSc3cccc4nccn34)CS[C@@H]12)c1csc(N)n1. The number of aromatic nitrogens is 3. The number of terminal acetylenes is 1. The normalized spacial score (nSPS) is 19.1. The van der Waals surface area contributed by atoms with Gasteiger partial charge < -0.3 is 21.0 Å². The summed E-state index contributed by atoms with van der Waals surface area (Å²) in [6.45, 7) is -0.173. The molecule has 0 radical (unpaired) electrons. The molecule has 38 heavy (non-hydrogen) atoms. The van der Waals surface area contributed by atoms with Crippen LogP contribution in [0.15, 0.2) is 57.4 Å². The highest BCUT2D eigenvalue weighted by Gasteiger charge is 2.54. The Balaban J connectivity index is 1.32. The maximum atomic E-state index is 13.1. The number of amides is 2. The number of nitrogens with one attached hydrogen (secondary N) is 1. The van der Waals surface area contributed by atoms with Gasteiger partial charge in [0, 0.05) is 29.3 Å². The van der Waals surface area contributed by atoms with Crippen LogP contribution in [0.5, 0.6) is 0 Å². The lowest BCUT2D eigenvalue weighted by molar-refractivity contribution is -0.150. The summed E-state index contributed by atoms with van der Waals surface area (Å²) >= 11 is 3.94. The quantitative estimate of drug-likeness (QED) is 0.0853. The van der Waals surface area contributed by atoms with Gasteiger partial charge in [0.05, 0.1) is 5.03 Å². The second kappa shape index (κ2) is 10.8. The van der Waals surface area contributed by atoms with Crippen molar-refractivity contribution in [3.63, 3.8) is 0 Å². The minimum atomic E-state index is -1.20. The van der Waals surface area contributed by atoms with Gasteiger partial charge in [-0.2, -0.15) is 0 Å². The number of nitrogen functional groups attached to an aromatic ring is 1. The number of aliphatic carboxylic acids is 1. The van der Waals surface area contributed by atoms with Gasteiger partial charge in [0.2, 0.25) is 0 Å². The van der Waals surface area contributed by atoms with Gasteiger partial charge >= 0.3 is 5.97 Å². The summed E-state index contributed by atoms with van der Waals surface area (Å²) in [5, 5.41) is 18.4. The van der Waals surface area contributed by atoms with E-state index in [9.17, 15) is 19.5 Å². The van der Waals surface area contributed by atoms with Crippen molar-refractivity contribution in [3.8, 4) is 12.3 Å². The van der Waals surface area contributed by atoms with E-state index in [1.165, 1.54) is 33.8 Å². The second-order valence-corrected chi connectivity index (χ2v) is 10.9. The lowest BCUT2D eigenvalue weighted by Gasteiger charge is -2.49. The summed E-state index contributed by atoms with van der Waals surface area (Å²) in [4.78, 5) is 52.8. The summed E-state index contributed by atoms with van der Waals surface area (Å²) in [7, 11) is 0. The molecule has 0 spiro atoms. The maximum absolute atomic E-state index is 13.1. The first kappa shape index (κ1) is 25.6. The van der Waals surface area contributed by atoms with Crippen LogP contribution >= 0.6 is 34.9 Å². The molecular formula is C23H19N7O5S3. The number of nitrogens with two attached hydrogens (primary N) is 1. The Morgan fingerprint density at radius 1 is 1.42 bits per heavy atom. The van der Waals surface area contributed by atoms with E-state index in [-0.39, 0.29) is 28.8 Å². The van der Waals surface area contributed by atoms with Crippen LogP contribution in [-0.2, 0) is 19.2 Å². The van der Waals surface area contributed by atoms with Crippen molar-refractivity contribution in [2.24, 2.45) is 5.16 Å². The molecule has 5 rings (SSSR count). The molecule has 4 N–H and O–H groups in total. The summed E-state index contributed by atoms with van der Waals surface area (Å²) in [6, 6.07) is 4.72. The molecule has 2 aliphatic heterocycles. The molecule has 194 valence electrons. The van der Waals surface area contributed by atoms with Gasteiger partial charge in [-0.1, -0.05) is 17.1 Å². The van der Waals surface area contributed by atoms with Crippen molar-refractivity contribution in [2.75, 3.05) is 23.8 Å². The Hall–Kier alpha value is -4.00. The number of rotatable bonds is 9. The molecule has 2 amide bonds. The molecule has 0 aromatic carbocycles. The van der Waals surface area contributed by atoms with Crippen LogP contribution in [0.25, 0.3) is 5.65 Å². The number of imidazole rings is 1. The number of thioether (sulfide) groups is 2. The van der Waals surface area contributed by atoms with E-state index >= 15 is 0 Å². The lowest BCUT2D eigenvalue weighted by Crippen LogP contribution is -2.71. The third-order valence-electron chi connectivity index (χ3n) is 5.60. The monoisotopic (exact) mass is 569 g/mol. The summed E-state index contributed by atoms with van der Waals surface area (Å²) in [5.74, 6) is 0.532. The van der Waals surface area contributed by atoms with Crippen molar-refractivity contribution in [3.05, 3.63) is 52.9 Å². The van der Waals surface area contributed by atoms with Crippen molar-refractivity contribution in [1.82, 2.24) is 24.6 Å². The molecule has 5 heterocycles. The van der Waals surface area contributed by atoms with Gasteiger partial charge in [-0.15, -0.1) is 41.3 Å². The minimum absolute atomic E-state index is 0.0620. The highest BCUT2D eigenvalue weighted by Crippen LogP contribution is 2.41. The number of carboxylic acids is 1. The van der Waals surface area contributed by atoms with Crippen molar-refractivity contribution < 1.29 is 24.3 Å². The number of thiazole rings is 1. The smallest absolute Gasteiger partial charge is 0.352 e. The molecule has 12 nitrogen and oxygen atoms in total. The van der Waals surface area contributed by atoms with E-state index < -0.39 is 29.2 Å². The Bertz CT molecular complexity index is 1540. The van der Waals surface area contributed by atoms with Crippen LogP contribution in [0.3, 0.4) is 0 Å². The summed E-state index contributed by atoms with van der Waals surface area (Å²) < 4.78 is 1.91. The van der Waals surface area contributed by atoms with Crippen LogP contribution in [-0.4, -0.2) is 77.4 Å². The van der Waals surface area contributed by atoms with Crippen LogP contribution in [0.2, 0.25) is 0 Å². The average molecular weight is 570 g/mol. The van der Waals surface area contributed by atoms with Crippen LogP contribution in [0.4, 0.5) is 5.13 Å². The number of hydrogen-bond donors (Lipinski definition) is 3. The largest absolute Gasteiger partial charge is 0.477 e. The zero-order valence-electron chi connectivity index (χ0n) is 19.4. The molecule has 3 aromatic heterocycles. The van der Waals surface area contributed by atoms with Crippen LogP contribution in [0, 0.1) is 12.3 Å². The number of anilines is 1. The molecule has 0 bridgehead atoms. The van der Waals surface area contributed by atoms with E-state index in [0.717, 1.165) is 22.0 Å². The topological polar surface area (TPSA) is 165 Å². The third-order valence-corrected chi connectivity index (χ3v) is 8.74. The standard InChI is InChI=1S/C23H19N7O5S3/c1-2-8-35-28-16(13-11-38-23(24)26-13)19(31)27-17-20(32)30-18(22(33)34)12(10-37-21(17)30)9-36-15-5-3-4-14-25-6-7-29(14)15/h1,3-7,11,17,21H,8-10H2,(H2,24,26)(H,27,31)(H,33,34)/b28-16-/t17-,21+/m1/s1. The summed E-state index contributed by atoms with van der Waals surface area (Å²) in [6.07, 6.45) is 8.69. The van der Waals surface area contributed by atoms with E-state index in [4.69, 9.17) is 17.0 Å². The van der Waals surface area contributed by atoms with Crippen LogP contribution in [0.1, 0.15) is 5.69 Å². The first-order chi connectivity index (χ1) is 18.4. The molecule has 0 saturated carbocycles. The zero-order valence-corrected chi connectivity index (χ0v) is 21.9. The van der Waals surface area contributed by atoms with E-state index in [1.54, 1.807) is 6.20 Å². The number of fused-ring (bicyclic) bond motifs is 2. The van der Waals surface area contributed by atoms with Crippen molar-refractivity contribution in [2.45, 2.75) is 16.4 Å². The zero-order chi connectivity index (χ0) is 26.8. The number of β-lactam (4-membered cyclic amide) rings is 1. The predicted octanol–water partition coefficient (Wildman–Crippen LogP) is 1.26. The molecule has 3 aromatic rings. The number of carbonyl (C=O) groups is 3. The Morgan fingerprint density at radius 2 is 2.26 bits per heavy atom.